The van der Waals surface area contributed by atoms with Crippen LogP contribution in [0.2, 0.25) is 0 Å². The second-order valence-corrected chi connectivity index (χ2v) is 8.74. The van der Waals surface area contributed by atoms with Crippen LogP contribution in [0.15, 0.2) is 41.4 Å². The highest BCUT2D eigenvalue weighted by Crippen LogP contribution is 2.23. The number of aromatic nitrogens is 1. The van der Waals surface area contributed by atoms with Crippen molar-refractivity contribution < 1.29 is 18.0 Å². The molecule has 3 rings (SSSR count). The van der Waals surface area contributed by atoms with Crippen LogP contribution in [-0.2, 0) is 17.1 Å². The van der Waals surface area contributed by atoms with Crippen LogP contribution >= 0.6 is 0 Å². The number of urea groups is 1. The fraction of sp³-hybridized carbons (Fsp3) is 0.368. The number of anilines is 2. The molecule has 0 spiro atoms. The number of carbonyl (C=O) groups is 2. The minimum Gasteiger partial charge on any atom is -0.345 e. The smallest absolute Gasteiger partial charge is 0.319 e. The minimum absolute atomic E-state index is 0.110. The zero-order chi connectivity index (χ0) is 21.0. The Morgan fingerprint density at radius 2 is 1.72 bits per heavy atom. The molecule has 0 radical (unpaired) electrons. The van der Waals surface area contributed by atoms with Gasteiger partial charge in [-0.3, -0.25) is 4.79 Å². The van der Waals surface area contributed by atoms with Gasteiger partial charge in [-0.25, -0.2) is 13.2 Å². The van der Waals surface area contributed by atoms with E-state index >= 15 is 0 Å². The number of hydrogen-bond acceptors (Lipinski definition) is 4. The summed E-state index contributed by atoms with van der Waals surface area (Å²) in [4.78, 5) is 24.4. The quantitative estimate of drug-likeness (QED) is 0.666. The predicted molar refractivity (Wildman–Crippen MR) is 110 cm³/mol. The molecule has 3 amide bonds. The molecule has 156 valence electrons. The van der Waals surface area contributed by atoms with E-state index in [9.17, 15) is 18.0 Å². The number of sulfonamides is 1. The van der Waals surface area contributed by atoms with Gasteiger partial charge in [0.05, 0.1) is 0 Å². The summed E-state index contributed by atoms with van der Waals surface area (Å²) < 4.78 is 28.4. The third kappa shape index (κ3) is 4.77. The summed E-state index contributed by atoms with van der Waals surface area (Å²) >= 11 is 0. The van der Waals surface area contributed by atoms with Crippen molar-refractivity contribution in [3.8, 4) is 0 Å². The Morgan fingerprint density at radius 1 is 1.07 bits per heavy atom. The fourth-order valence-electron chi connectivity index (χ4n) is 3.18. The molecule has 3 N–H and O–H groups in total. The van der Waals surface area contributed by atoms with E-state index in [1.165, 1.54) is 21.1 Å². The molecule has 0 unspecified atom stereocenters. The van der Waals surface area contributed by atoms with E-state index in [1.54, 1.807) is 31.3 Å². The summed E-state index contributed by atoms with van der Waals surface area (Å²) in [5, 5.41) is 8.04. The molecule has 2 aromatic rings. The van der Waals surface area contributed by atoms with E-state index in [4.69, 9.17) is 0 Å². The number of aryl methyl sites for hydroxylation is 1. The number of hydrogen-bond donors (Lipinski definition) is 3. The van der Waals surface area contributed by atoms with Gasteiger partial charge in [0.25, 0.3) is 5.91 Å². The normalized spacial score (nSPS) is 14.6. The molecule has 29 heavy (non-hydrogen) atoms. The van der Waals surface area contributed by atoms with Gasteiger partial charge in [0.2, 0.25) is 10.0 Å². The standard InChI is InChI=1S/C19H25N5O4S/c1-3-20-19(26)22-15-8-6-7-14(11-15)21-18(25)17-12-16(13-23(17)2)29(27,28)24-9-4-5-10-24/h6-8,11-13H,3-5,9-10H2,1-2H3,(H,21,25)(H2,20,22,26). The fourth-order valence-corrected chi connectivity index (χ4v) is 4.77. The summed E-state index contributed by atoms with van der Waals surface area (Å²) in [5.41, 5.74) is 1.23. The Balaban J connectivity index is 1.75. The van der Waals surface area contributed by atoms with Crippen molar-refractivity contribution in [1.29, 1.82) is 0 Å². The van der Waals surface area contributed by atoms with Crippen LogP contribution in [0.4, 0.5) is 16.2 Å². The molecule has 1 aromatic carbocycles. The molecular formula is C19H25N5O4S. The highest BCUT2D eigenvalue weighted by Gasteiger charge is 2.29. The highest BCUT2D eigenvalue weighted by atomic mass is 32.2. The van der Waals surface area contributed by atoms with Gasteiger partial charge in [0.15, 0.2) is 0 Å². The molecular weight excluding hydrogens is 394 g/mol. The van der Waals surface area contributed by atoms with Gasteiger partial charge in [0.1, 0.15) is 10.6 Å². The van der Waals surface area contributed by atoms with Gasteiger partial charge in [0, 0.05) is 44.3 Å². The summed E-state index contributed by atoms with van der Waals surface area (Å²) in [5.74, 6) is -0.439. The molecule has 1 saturated heterocycles. The minimum atomic E-state index is -3.59. The van der Waals surface area contributed by atoms with Crippen LogP contribution in [0.25, 0.3) is 0 Å². The number of carbonyl (C=O) groups excluding carboxylic acids is 2. The molecule has 1 fully saturated rings. The third-order valence-electron chi connectivity index (χ3n) is 4.63. The van der Waals surface area contributed by atoms with Crippen molar-refractivity contribution in [2.75, 3.05) is 30.3 Å². The van der Waals surface area contributed by atoms with E-state index in [0.717, 1.165) is 12.8 Å². The van der Waals surface area contributed by atoms with Crippen molar-refractivity contribution >= 4 is 33.3 Å². The Labute approximate surface area is 170 Å². The van der Waals surface area contributed by atoms with E-state index in [2.05, 4.69) is 16.0 Å². The largest absolute Gasteiger partial charge is 0.345 e. The van der Waals surface area contributed by atoms with Crippen LogP contribution in [0.3, 0.4) is 0 Å². The van der Waals surface area contributed by atoms with Crippen molar-refractivity contribution in [3.05, 3.63) is 42.2 Å². The Hall–Kier alpha value is -2.85. The van der Waals surface area contributed by atoms with E-state index in [1.807, 2.05) is 6.92 Å². The van der Waals surface area contributed by atoms with Crippen LogP contribution in [0.1, 0.15) is 30.3 Å². The molecule has 1 aliphatic rings. The number of nitrogens with zero attached hydrogens (tertiary/aromatic N) is 2. The monoisotopic (exact) mass is 419 g/mol. The van der Waals surface area contributed by atoms with Crippen molar-refractivity contribution in [3.63, 3.8) is 0 Å². The number of amides is 3. The topological polar surface area (TPSA) is 113 Å². The second kappa shape index (κ2) is 8.66. The Morgan fingerprint density at radius 3 is 2.38 bits per heavy atom. The van der Waals surface area contributed by atoms with Crippen molar-refractivity contribution in [2.24, 2.45) is 7.05 Å². The average molecular weight is 420 g/mol. The SMILES string of the molecule is CCNC(=O)Nc1cccc(NC(=O)c2cc(S(=O)(=O)N3CCCC3)cn2C)c1. The summed E-state index contributed by atoms with van der Waals surface area (Å²) in [6.45, 7) is 3.32. The number of nitrogens with one attached hydrogen (secondary N) is 3. The maximum atomic E-state index is 12.7. The van der Waals surface area contributed by atoms with Crippen molar-refractivity contribution in [2.45, 2.75) is 24.7 Å². The lowest BCUT2D eigenvalue weighted by Gasteiger charge is -2.13. The van der Waals surface area contributed by atoms with E-state index in [0.29, 0.717) is 31.0 Å². The number of rotatable bonds is 6. The second-order valence-electron chi connectivity index (χ2n) is 6.80. The molecule has 1 aromatic heterocycles. The first-order valence-corrected chi connectivity index (χ1v) is 10.9. The first kappa shape index (κ1) is 20.9. The molecule has 0 atom stereocenters. The lowest BCUT2D eigenvalue weighted by Crippen LogP contribution is -2.28. The Bertz CT molecular complexity index is 1010. The highest BCUT2D eigenvalue weighted by molar-refractivity contribution is 7.89. The van der Waals surface area contributed by atoms with Crippen molar-refractivity contribution in [1.82, 2.24) is 14.2 Å². The van der Waals surface area contributed by atoms with Gasteiger partial charge in [-0.15, -0.1) is 0 Å². The predicted octanol–water partition coefficient (Wildman–Crippen LogP) is 2.20. The molecule has 1 aliphatic heterocycles. The maximum absolute atomic E-state index is 12.7. The van der Waals surface area contributed by atoms with Crippen LogP contribution in [0.5, 0.6) is 0 Å². The molecule has 2 heterocycles. The summed E-state index contributed by atoms with van der Waals surface area (Å²) in [6, 6.07) is 7.76. The van der Waals surface area contributed by atoms with E-state index < -0.39 is 15.9 Å². The first-order valence-electron chi connectivity index (χ1n) is 9.44. The summed E-state index contributed by atoms with van der Waals surface area (Å²) in [7, 11) is -1.96. The zero-order valence-corrected chi connectivity index (χ0v) is 17.3. The van der Waals surface area contributed by atoms with Gasteiger partial charge in [-0.1, -0.05) is 6.07 Å². The van der Waals surface area contributed by atoms with Gasteiger partial charge in [-0.05, 0) is 44.0 Å². The molecule has 0 saturated carbocycles. The Kier molecular flexibility index (Phi) is 6.23. The summed E-state index contributed by atoms with van der Waals surface area (Å²) in [6.07, 6.45) is 3.15. The lowest BCUT2D eigenvalue weighted by molar-refractivity contribution is 0.101. The van der Waals surface area contributed by atoms with Crippen LogP contribution in [-0.4, -0.2) is 48.9 Å². The van der Waals surface area contributed by atoms with Crippen LogP contribution < -0.4 is 16.0 Å². The number of benzene rings is 1. The third-order valence-corrected chi connectivity index (χ3v) is 6.49. The van der Waals surface area contributed by atoms with Gasteiger partial charge < -0.3 is 20.5 Å². The van der Waals surface area contributed by atoms with Gasteiger partial charge >= 0.3 is 6.03 Å². The first-order chi connectivity index (χ1) is 13.8. The molecule has 0 aliphatic carbocycles. The van der Waals surface area contributed by atoms with Crippen LogP contribution in [0, 0.1) is 0 Å². The molecule has 10 heteroatoms. The maximum Gasteiger partial charge on any atom is 0.319 e. The lowest BCUT2D eigenvalue weighted by atomic mass is 10.2. The zero-order valence-electron chi connectivity index (χ0n) is 16.4. The van der Waals surface area contributed by atoms with Gasteiger partial charge in [-0.2, -0.15) is 4.31 Å². The van der Waals surface area contributed by atoms with E-state index in [-0.39, 0.29) is 16.6 Å². The average Bonchev–Trinajstić information content (AvgIpc) is 3.32. The molecule has 0 bridgehead atoms. The molecule has 9 nitrogen and oxygen atoms in total.